The number of hydrogen-bond donors (Lipinski definition) is 3. The van der Waals surface area contributed by atoms with Gasteiger partial charge in [0, 0.05) is 61.6 Å². The molecule has 0 bridgehead atoms. The number of ether oxygens (including phenoxy) is 1. The Kier molecular flexibility index (Phi) is 7.92. The van der Waals surface area contributed by atoms with Crippen molar-refractivity contribution < 1.29 is 32.9 Å². The molecular weight excluding hydrogens is 525 g/mol. The molecule has 11 heteroatoms. The molecule has 40 heavy (non-hydrogen) atoms. The van der Waals surface area contributed by atoms with Crippen molar-refractivity contribution in [2.45, 2.75) is 51.0 Å². The molecule has 2 aliphatic rings. The van der Waals surface area contributed by atoms with Crippen molar-refractivity contribution in [1.82, 2.24) is 9.97 Å². The van der Waals surface area contributed by atoms with Gasteiger partial charge in [-0.05, 0) is 42.7 Å². The zero-order valence-corrected chi connectivity index (χ0v) is 22.2. The zero-order chi connectivity index (χ0) is 28.7. The number of pyridine rings is 2. The summed E-state index contributed by atoms with van der Waals surface area (Å²) >= 11 is 0. The Hall–Kier alpha value is -3.38. The molecule has 1 aliphatic heterocycles. The molecule has 0 radical (unpaired) electrons. The van der Waals surface area contributed by atoms with Gasteiger partial charge in [0.1, 0.15) is 28.8 Å². The van der Waals surface area contributed by atoms with E-state index in [1.165, 1.54) is 19.4 Å². The van der Waals surface area contributed by atoms with Crippen LogP contribution in [-0.4, -0.2) is 58.3 Å². The number of aliphatic hydroxyl groups excluding tert-OH is 2. The molecule has 0 saturated carbocycles. The first kappa shape index (κ1) is 28.2. The van der Waals surface area contributed by atoms with Crippen molar-refractivity contribution in [3.05, 3.63) is 76.0 Å². The monoisotopic (exact) mass is 556 g/mol. The second-order valence-corrected chi connectivity index (χ2v) is 10.6. The lowest BCUT2D eigenvalue weighted by Crippen LogP contribution is -2.56. The van der Waals surface area contributed by atoms with Gasteiger partial charge in [-0.2, -0.15) is 0 Å². The Morgan fingerprint density at radius 3 is 2.55 bits per heavy atom. The van der Waals surface area contributed by atoms with E-state index in [4.69, 9.17) is 10.5 Å². The number of nitrogens with two attached hydrogens (primary N) is 1. The molecule has 1 saturated heterocycles. The minimum absolute atomic E-state index is 0.0314. The summed E-state index contributed by atoms with van der Waals surface area (Å²) in [7, 11) is 1.38. The maximum atomic E-state index is 14.8. The van der Waals surface area contributed by atoms with Crippen molar-refractivity contribution in [2.75, 3.05) is 25.1 Å². The number of hydrogen-bond acceptors (Lipinski definition) is 8. The number of nitrogens with zero attached hydrogens (tertiary/aromatic N) is 3. The number of benzene rings is 1. The number of carbonyl (C=O) groups is 1. The minimum Gasteiger partial charge on any atom is -0.391 e. The smallest absolute Gasteiger partial charge is 0.185 e. The number of fused-ring (bicyclic) bond motifs is 1. The molecule has 1 aliphatic carbocycles. The van der Waals surface area contributed by atoms with E-state index in [0.717, 1.165) is 29.4 Å². The van der Waals surface area contributed by atoms with Crippen LogP contribution in [0.2, 0.25) is 0 Å². The van der Waals surface area contributed by atoms with Crippen molar-refractivity contribution in [3.63, 3.8) is 0 Å². The van der Waals surface area contributed by atoms with Crippen LogP contribution < -0.4 is 10.6 Å². The molecule has 1 fully saturated rings. The highest BCUT2D eigenvalue weighted by atomic mass is 19.1. The maximum Gasteiger partial charge on any atom is 0.185 e. The van der Waals surface area contributed by atoms with E-state index in [0.29, 0.717) is 37.2 Å². The number of ketones is 1. The molecule has 4 N–H and O–H groups in total. The third-order valence-corrected chi connectivity index (χ3v) is 7.65. The van der Waals surface area contributed by atoms with Gasteiger partial charge in [0.2, 0.25) is 0 Å². The molecule has 1 unspecified atom stereocenters. The molecule has 2 aromatic heterocycles. The number of carbonyl (C=O) groups excluding carboxylic acids is 1. The van der Waals surface area contributed by atoms with Gasteiger partial charge in [0.05, 0.1) is 30.1 Å². The lowest BCUT2D eigenvalue weighted by atomic mass is 9.91. The minimum atomic E-state index is -1.02. The summed E-state index contributed by atoms with van der Waals surface area (Å²) in [6, 6.07) is 3.70. The molecule has 4 atom stereocenters. The topological polar surface area (TPSA) is 122 Å². The number of anilines is 1. The number of halogens is 3. The lowest BCUT2D eigenvalue weighted by Gasteiger charge is -2.41. The van der Waals surface area contributed by atoms with Crippen molar-refractivity contribution in [1.29, 1.82) is 0 Å². The zero-order valence-electron chi connectivity index (χ0n) is 22.2. The van der Waals surface area contributed by atoms with Crippen LogP contribution in [0.5, 0.6) is 0 Å². The molecule has 5 rings (SSSR count). The Morgan fingerprint density at radius 2 is 1.88 bits per heavy atom. The van der Waals surface area contributed by atoms with E-state index in [1.807, 2.05) is 11.8 Å². The second-order valence-electron chi connectivity index (χ2n) is 10.6. The number of rotatable bonds is 7. The van der Waals surface area contributed by atoms with Crippen molar-refractivity contribution in [3.8, 4) is 11.3 Å². The van der Waals surface area contributed by atoms with Gasteiger partial charge in [0.25, 0.3) is 0 Å². The third-order valence-electron chi connectivity index (χ3n) is 7.65. The Bertz CT molecular complexity index is 1420. The quantitative estimate of drug-likeness (QED) is 0.379. The van der Waals surface area contributed by atoms with Crippen LogP contribution >= 0.6 is 0 Å². The Labute approximate surface area is 229 Å². The van der Waals surface area contributed by atoms with Gasteiger partial charge in [-0.1, -0.05) is 6.92 Å². The summed E-state index contributed by atoms with van der Waals surface area (Å²) in [5.41, 5.74) is 7.66. The molecular formula is C29H31F3N4O4. The Balaban J connectivity index is 1.50. The van der Waals surface area contributed by atoms with E-state index in [2.05, 4.69) is 9.97 Å². The van der Waals surface area contributed by atoms with Gasteiger partial charge in [-0.3, -0.25) is 9.78 Å². The molecule has 0 spiro atoms. The third kappa shape index (κ3) is 5.22. The van der Waals surface area contributed by atoms with Gasteiger partial charge < -0.3 is 25.6 Å². The number of aliphatic hydroxyl groups is 2. The molecule has 1 aromatic carbocycles. The summed E-state index contributed by atoms with van der Waals surface area (Å²) in [6.45, 7) is 2.69. The Morgan fingerprint density at radius 1 is 1.15 bits per heavy atom. The van der Waals surface area contributed by atoms with Crippen LogP contribution in [0.25, 0.3) is 11.3 Å². The van der Waals surface area contributed by atoms with Crippen LogP contribution in [-0.2, 0) is 24.2 Å². The summed E-state index contributed by atoms with van der Waals surface area (Å²) in [4.78, 5) is 23.9. The summed E-state index contributed by atoms with van der Waals surface area (Å²) < 4.78 is 49.3. The van der Waals surface area contributed by atoms with Crippen LogP contribution in [0.1, 0.15) is 52.3 Å². The number of piperidine rings is 1. The van der Waals surface area contributed by atoms with E-state index in [-0.39, 0.29) is 30.2 Å². The van der Waals surface area contributed by atoms with E-state index >= 15 is 0 Å². The fourth-order valence-corrected chi connectivity index (χ4v) is 5.71. The van der Waals surface area contributed by atoms with Crippen LogP contribution in [0.15, 0.2) is 30.5 Å². The first-order valence-electron chi connectivity index (χ1n) is 13.1. The highest BCUT2D eigenvalue weighted by Gasteiger charge is 2.36. The van der Waals surface area contributed by atoms with Crippen LogP contribution in [0.4, 0.5) is 18.9 Å². The second kappa shape index (κ2) is 11.2. The first-order chi connectivity index (χ1) is 19.1. The number of Topliss-reactive ketones (excluding diaryl/α,β-unsaturated/α-hetero) is 1. The summed E-state index contributed by atoms with van der Waals surface area (Å²) in [5.74, 6) is -3.66. The van der Waals surface area contributed by atoms with Crippen LogP contribution in [0, 0.1) is 23.4 Å². The van der Waals surface area contributed by atoms with E-state index in [1.54, 1.807) is 0 Å². The van der Waals surface area contributed by atoms with Gasteiger partial charge in [0.15, 0.2) is 5.78 Å². The van der Waals surface area contributed by atoms with Gasteiger partial charge >= 0.3 is 0 Å². The predicted octanol–water partition coefficient (Wildman–Crippen LogP) is 3.26. The molecule has 3 aromatic rings. The average Bonchev–Trinajstić information content (AvgIpc) is 3.28. The van der Waals surface area contributed by atoms with E-state index in [9.17, 15) is 28.2 Å². The highest BCUT2D eigenvalue weighted by Crippen LogP contribution is 2.40. The molecule has 212 valence electrons. The fraction of sp³-hybridized carbons (Fsp3) is 0.414. The maximum absolute atomic E-state index is 14.8. The number of methoxy groups -OCH3 is 1. The predicted molar refractivity (Wildman–Crippen MR) is 141 cm³/mol. The number of aromatic nitrogens is 2. The molecule has 3 heterocycles. The summed E-state index contributed by atoms with van der Waals surface area (Å²) in [5, 5.41) is 20.8. The normalized spacial score (nSPS) is 22.4. The summed E-state index contributed by atoms with van der Waals surface area (Å²) in [6.07, 6.45) is 1.01. The van der Waals surface area contributed by atoms with Gasteiger partial charge in [-0.15, -0.1) is 0 Å². The average molecular weight is 557 g/mol. The first-order valence-corrected chi connectivity index (χ1v) is 13.1. The van der Waals surface area contributed by atoms with Crippen LogP contribution in [0.3, 0.4) is 0 Å². The largest absolute Gasteiger partial charge is 0.391 e. The van der Waals surface area contributed by atoms with E-state index < -0.39 is 52.7 Å². The fourth-order valence-electron chi connectivity index (χ4n) is 5.71. The SMILES string of the molecule is COCc1cc(F)c(-c2nc(C(=O)Cc3cnc4c(c3N3C[C@@H](N)[C@H](O)[C@@H](C)C3)CCC4O)ccc2F)c(F)c1. The molecule has 8 nitrogen and oxygen atoms in total. The standard InChI is InChI=1S/C29H31F3N4O4/c1-14-11-36(12-21(33)29(14)39)28-16(10-34-26-17(28)3-6-23(26)37)9-24(38)22-5-4-18(30)27(35-22)25-19(31)7-15(13-40-2)8-20(25)32/h4-5,7-8,10,14,21,23,29,37,39H,3,6,9,11-13,33H2,1-2H3/t14-,21+,23?,29+/m0/s1. The molecule has 0 amide bonds. The van der Waals surface area contributed by atoms with Crippen molar-refractivity contribution >= 4 is 11.5 Å². The highest BCUT2D eigenvalue weighted by molar-refractivity contribution is 5.97. The lowest BCUT2D eigenvalue weighted by molar-refractivity contribution is 0.0783. The van der Waals surface area contributed by atoms with Gasteiger partial charge in [-0.25, -0.2) is 18.2 Å². The van der Waals surface area contributed by atoms with Crippen molar-refractivity contribution in [2.24, 2.45) is 11.7 Å².